The number of hydrogen-bond donors (Lipinski definition) is 2. The first-order valence-corrected chi connectivity index (χ1v) is 10.2. The number of nitrogens with one attached hydrogen (secondary N) is 2. The Hall–Kier alpha value is -4.54. The third-order valence-electron chi connectivity index (χ3n) is 5.29. The molecule has 0 saturated carbocycles. The minimum atomic E-state index is -0.336. The summed E-state index contributed by atoms with van der Waals surface area (Å²) in [6, 6.07) is 9.34. The Balaban J connectivity index is 1.44. The Kier molecular flexibility index (Phi) is 5.27. The molecule has 0 radical (unpaired) electrons. The summed E-state index contributed by atoms with van der Waals surface area (Å²) in [5.74, 6) is -0.241. The van der Waals surface area contributed by atoms with Gasteiger partial charge in [-0.1, -0.05) is 6.92 Å². The van der Waals surface area contributed by atoms with Gasteiger partial charge in [0.15, 0.2) is 0 Å². The number of amides is 1. The van der Waals surface area contributed by atoms with Crippen molar-refractivity contribution in [1.29, 1.82) is 0 Å². The second-order valence-electron chi connectivity index (χ2n) is 7.30. The molecule has 1 unspecified atom stereocenters. The van der Waals surface area contributed by atoms with Gasteiger partial charge in [0.05, 0.1) is 35.2 Å². The third-order valence-corrected chi connectivity index (χ3v) is 5.29. The van der Waals surface area contributed by atoms with E-state index in [2.05, 4.69) is 41.0 Å². The maximum absolute atomic E-state index is 13.3. The van der Waals surface area contributed by atoms with Gasteiger partial charge in [-0.15, -0.1) is 10.2 Å². The molecule has 1 amide bonds. The van der Waals surface area contributed by atoms with Crippen molar-refractivity contribution in [3.8, 4) is 17.2 Å². The second-order valence-corrected chi connectivity index (χ2v) is 7.30. The predicted molar refractivity (Wildman–Crippen MR) is 117 cm³/mol. The van der Waals surface area contributed by atoms with Crippen molar-refractivity contribution in [2.24, 2.45) is 0 Å². The van der Waals surface area contributed by atoms with Crippen LogP contribution in [0.4, 0.5) is 4.39 Å². The Morgan fingerprint density at radius 1 is 1.18 bits per heavy atom. The fraction of sp³-hybridized carbons (Fsp3) is 0.136. The summed E-state index contributed by atoms with van der Waals surface area (Å²) < 4.78 is 14.9. The van der Waals surface area contributed by atoms with Crippen LogP contribution in [0.25, 0.3) is 28.1 Å². The highest BCUT2D eigenvalue weighted by atomic mass is 19.1. The van der Waals surface area contributed by atoms with E-state index in [9.17, 15) is 9.18 Å². The molecule has 1 aromatic carbocycles. The topological polar surface area (TPSA) is 127 Å². The average Bonchev–Trinajstić information content (AvgIpc) is 3.53. The van der Waals surface area contributed by atoms with E-state index in [1.165, 1.54) is 18.3 Å². The molecule has 0 aliphatic heterocycles. The molecular weight excluding hydrogens is 425 g/mol. The third kappa shape index (κ3) is 3.91. The molecule has 0 bridgehead atoms. The smallest absolute Gasteiger partial charge is 0.254 e. The van der Waals surface area contributed by atoms with Crippen molar-refractivity contribution >= 4 is 16.8 Å². The molecule has 164 valence electrons. The first-order chi connectivity index (χ1) is 16.1. The summed E-state index contributed by atoms with van der Waals surface area (Å²) in [5.41, 5.74) is 3.13. The summed E-state index contributed by atoms with van der Waals surface area (Å²) in [4.78, 5) is 21.7. The number of rotatable bonds is 6. The highest BCUT2D eigenvalue weighted by Gasteiger charge is 2.19. The molecule has 4 heterocycles. The number of halogens is 1. The van der Waals surface area contributed by atoms with E-state index in [-0.39, 0.29) is 17.8 Å². The van der Waals surface area contributed by atoms with E-state index in [1.807, 2.05) is 19.1 Å². The molecular formula is C22H18FN9O. The van der Waals surface area contributed by atoms with Gasteiger partial charge in [-0.05, 0) is 53.6 Å². The second kappa shape index (κ2) is 8.54. The number of aromatic amines is 1. The normalized spacial score (nSPS) is 12.1. The van der Waals surface area contributed by atoms with Crippen molar-refractivity contribution in [2.45, 2.75) is 19.4 Å². The number of benzene rings is 1. The lowest BCUT2D eigenvalue weighted by Crippen LogP contribution is -2.28. The summed E-state index contributed by atoms with van der Waals surface area (Å²) in [6.45, 7) is 1.98. The molecule has 1 atom stereocenters. The van der Waals surface area contributed by atoms with Crippen LogP contribution in [-0.2, 0) is 0 Å². The van der Waals surface area contributed by atoms with Gasteiger partial charge in [-0.3, -0.25) is 14.8 Å². The lowest BCUT2D eigenvalue weighted by atomic mass is 10.0. The quantitative estimate of drug-likeness (QED) is 0.413. The van der Waals surface area contributed by atoms with Gasteiger partial charge in [0, 0.05) is 17.8 Å². The van der Waals surface area contributed by atoms with E-state index in [1.54, 1.807) is 35.4 Å². The van der Waals surface area contributed by atoms with Crippen LogP contribution in [-0.4, -0.2) is 46.3 Å². The Morgan fingerprint density at radius 2 is 2.03 bits per heavy atom. The number of nitrogens with zero attached hydrogens (tertiary/aromatic N) is 7. The summed E-state index contributed by atoms with van der Waals surface area (Å²) >= 11 is 0. The van der Waals surface area contributed by atoms with Crippen LogP contribution < -0.4 is 5.32 Å². The fourth-order valence-corrected chi connectivity index (χ4v) is 3.62. The lowest BCUT2D eigenvalue weighted by Gasteiger charge is -2.18. The van der Waals surface area contributed by atoms with Crippen LogP contribution in [0.5, 0.6) is 0 Å². The van der Waals surface area contributed by atoms with E-state index in [4.69, 9.17) is 0 Å². The van der Waals surface area contributed by atoms with Gasteiger partial charge in [0.1, 0.15) is 11.5 Å². The summed E-state index contributed by atoms with van der Waals surface area (Å²) in [6.07, 6.45) is 7.04. The highest BCUT2D eigenvalue weighted by Crippen LogP contribution is 2.24. The van der Waals surface area contributed by atoms with Gasteiger partial charge in [0.25, 0.3) is 5.91 Å². The maximum Gasteiger partial charge on any atom is 0.254 e. The van der Waals surface area contributed by atoms with Crippen molar-refractivity contribution < 1.29 is 9.18 Å². The molecule has 11 heteroatoms. The van der Waals surface area contributed by atoms with E-state index < -0.39 is 0 Å². The minimum absolute atomic E-state index is 0.270. The van der Waals surface area contributed by atoms with E-state index in [0.29, 0.717) is 40.1 Å². The number of carbonyl (C=O) groups excluding carboxylic acids is 1. The van der Waals surface area contributed by atoms with Crippen LogP contribution in [0.2, 0.25) is 0 Å². The lowest BCUT2D eigenvalue weighted by molar-refractivity contribution is 0.0937. The number of tetrazole rings is 1. The molecule has 0 saturated heterocycles. The predicted octanol–water partition coefficient (Wildman–Crippen LogP) is 3.02. The van der Waals surface area contributed by atoms with Crippen molar-refractivity contribution in [1.82, 2.24) is 45.7 Å². The first kappa shape index (κ1) is 20.4. The number of pyridine rings is 2. The van der Waals surface area contributed by atoms with Crippen LogP contribution in [0.15, 0.2) is 61.2 Å². The van der Waals surface area contributed by atoms with E-state index >= 15 is 0 Å². The largest absolute Gasteiger partial charge is 0.345 e. The Morgan fingerprint density at radius 3 is 2.79 bits per heavy atom. The number of carbonyl (C=O) groups is 1. The highest BCUT2D eigenvalue weighted by molar-refractivity contribution is 6.06. The molecule has 0 aliphatic carbocycles. The number of H-pyrrole nitrogens is 1. The molecule has 5 aromatic rings. The zero-order chi connectivity index (χ0) is 22.8. The summed E-state index contributed by atoms with van der Waals surface area (Å²) in [7, 11) is 0. The average molecular weight is 443 g/mol. The minimum Gasteiger partial charge on any atom is -0.345 e. The fourth-order valence-electron chi connectivity index (χ4n) is 3.62. The van der Waals surface area contributed by atoms with Gasteiger partial charge < -0.3 is 5.32 Å². The molecule has 4 aromatic heterocycles. The Bertz CT molecular complexity index is 1410. The molecule has 0 fully saturated rings. The van der Waals surface area contributed by atoms with Crippen molar-refractivity contribution in [3.05, 3.63) is 78.1 Å². The Labute approximate surface area is 186 Å². The molecule has 2 N–H and O–H groups in total. The van der Waals surface area contributed by atoms with Crippen molar-refractivity contribution in [2.75, 3.05) is 0 Å². The summed E-state index contributed by atoms with van der Waals surface area (Å²) in [5, 5.41) is 22.0. The SMILES string of the molecule is CCC(NC(=O)c1cncc2c1cnn2-c1ccc(F)cc1)c1ccnc(-c2nn[nH]n2)c1. The zero-order valence-electron chi connectivity index (χ0n) is 17.5. The van der Waals surface area contributed by atoms with Gasteiger partial charge in [0.2, 0.25) is 5.82 Å². The van der Waals surface area contributed by atoms with Crippen molar-refractivity contribution in [3.63, 3.8) is 0 Å². The molecule has 0 aliphatic rings. The number of hydrogen-bond acceptors (Lipinski definition) is 7. The van der Waals surface area contributed by atoms with Crippen LogP contribution in [0.3, 0.4) is 0 Å². The number of aromatic nitrogens is 8. The molecule has 5 rings (SSSR count). The van der Waals surface area contributed by atoms with Gasteiger partial charge >= 0.3 is 0 Å². The van der Waals surface area contributed by atoms with Crippen LogP contribution >= 0.6 is 0 Å². The standard InChI is InChI=1S/C22H18FN9O/c1-2-18(13-7-8-25-19(9-13)21-28-30-31-29-21)27-22(33)17-10-24-12-20-16(17)11-26-32(20)15-5-3-14(23)4-6-15/h3-12,18H,2H2,1H3,(H,27,33)(H,28,29,30,31). The molecule has 33 heavy (non-hydrogen) atoms. The number of fused-ring (bicyclic) bond motifs is 1. The molecule has 10 nitrogen and oxygen atoms in total. The van der Waals surface area contributed by atoms with Gasteiger partial charge in [-0.2, -0.15) is 10.3 Å². The first-order valence-electron chi connectivity index (χ1n) is 10.2. The van der Waals surface area contributed by atoms with Crippen LogP contribution in [0.1, 0.15) is 35.3 Å². The van der Waals surface area contributed by atoms with Crippen LogP contribution in [0, 0.1) is 5.82 Å². The van der Waals surface area contributed by atoms with E-state index in [0.717, 1.165) is 5.56 Å². The van der Waals surface area contributed by atoms with Gasteiger partial charge in [-0.25, -0.2) is 9.07 Å². The maximum atomic E-state index is 13.3. The zero-order valence-corrected chi connectivity index (χ0v) is 17.5. The molecule has 0 spiro atoms. The monoisotopic (exact) mass is 443 g/mol.